The summed E-state index contributed by atoms with van der Waals surface area (Å²) in [7, 11) is 0. The van der Waals surface area contributed by atoms with Crippen LogP contribution in [0.1, 0.15) is 5.56 Å². The van der Waals surface area contributed by atoms with Crippen LogP contribution in [-0.2, 0) is 6.61 Å². The van der Waals surface area contributed by atoms with Crippen LogP contribution in [0, 0.1) is 11.9 Å². The number of benzene rings is 2. The number of rotatable bonds is 3. The molecule has 0 aliphatic heterocycles. The van der Waals surface area contributed by atoms with E-state index in [1.807, 2.05) is 0 Å². The van der Waals surface area contributed by atoms with E-state index in [9.17, 15) is 4.39 Å². The second kappa shape index (κ2) is 8.75. The third kappa shape index (κ3) is 5.14. The van der Waals surface area contributed by atoms with Gasteiger partial charge in [0.25, 0.3) is 0 Å². The second-order valence-electron chi connectivity index (χ2n) is 3.27. The van der Waals surface area contributed by atoms with Gasteiger partial charge in [-0.1, -0.05) is 17.7 Å². The minimum absolute atomic E-state index is 0. The van der Waals surface area contributed by atoms with Crippen molar-refractivity contribution in [2.45, 2.75) is 6.61 Å². The monoisotopic (exact) mass is 338 g/mol. The smallest absolute Gasteiger partial charge is 1.00 e. The molecule has 0 saturated heterocycles. The second-order valence-corrected chi connectivity index (χ2v) is 3.68. The Labute approximate surface area is 137 Å². The maximum atomic E-state index is 13.1. The number of hydrogen-bond acceptors (Lipinski definition) is 1. The summed E-state index contributed by atoms with van der Waals surface area (Å²) in [5.74, 6) is 0.304. The van der Waals surface area contributed by atoms with Crippen LogP contribution in [0.2, 0.25) is 5.02 Å². The fourth-order valence-electron chi connectivity index (χ4n) is 1.26. The van der Waals surface area contributed by atoms with Crippen LogP contribution in [0.4, 0.5) is 4.39 Å². The van der Waals surface area contributed by atoms with E-state index in [4.69, 9.17) is 16.3 Å². The van der Waals surface area contributed by atoms with Crippen molar-refractivity contribution >= 4 is 34.7 Å². The number of halogens is 3. The summed E-state index contributed by atoms with van der Waals surface area (Å²) in [6, 6.07) is 14.6. The average Bonchev–Trinajstić information content (AvgIpc) is 2.32. The molecule has 0 radical (unpaired) electrons. The Morgan fingerprint density at radius 3 is 2.44 bits per heavy atom. The van der Waals surface area contributed by atoms with E-state index in [0.29, 0.717) is 6.61 Å². The predicted molar refractivity (Wildman–Crippen MR) is 66.8 cm³/mol. The molecule has 0 N–H and O–H groups in total. The maximum Gasteiger partial charge on any atom is 2.00 e. The fraction of sp³-hybridized carbons (Fsp3) is 0.0769. The van der Waals surface area contributed by atoms with E-state index in [-0.39, 0.29) is 45.1 Å². The van der Waals surface area contributed by atoms with E-state index in [1.54, 1.807) is 30.3 Å². The van der Waals surface area contributed by atoms with E-state index < -0.39 is 5.82 Å². The van der Waals surface area contributed by atoms with E-state index in [2.05, 4.69) is 6.07 Å². The van der Waals surface area contributed by atoms with E-state index in [0.717, 1.165) is 11.3 Å². The van der Waals surface area contributed by atoms with Gasteiger partial charge in [-0.2, -0.15) is 18.2 Å². The summed E-state index contributed by atoms with van der Waals surface area (Å²) in [5, 5.41) is 0.123. The molecule has 0 fully saturated rings. The third-order valence-corrected chi connectivity index (χ3v) is 2.38. The SMILES string of the molecule is Fc1cc(COc2cc[c-]cc2)ccc1Cl.[Br-].[Mg+2]. The van der Waals surface area contributed by atoms with Crippen molar-refractivity contribution in [2.75, 3.05) is 0 Å². The minimum atomic E-state index is -0.427. The first-order valence-electron chi connectivity index (χ1n) is 4.78. The molecule has 2 aromatic rings. The first kappa shape index (κ1) is 17.7. The van der Waals surface area contributed by atoms with Gasteiger partial charge in [-0.3, -0.25) is 0 Å². The van der Waals surface area contributed by atoms with Crippen molar-refractivity contribution in [2.24, 2.45) is 0 Å². The molecule has 0 spiro atoms. The molecule has 0 unspecified atom stereocenters. The van der Waals surface area contributed by atoms with Crippen LogP contribution in [0.15, 0.2) is 42.5 Å². The zero-order valence-electron chi connectivity index (χ0n) is 9.50. The molecule has 0 aromatic heterocycles. The van der Waals surface area contributed by atoms with Crippen LogP contribution in [0.3, 0.4) is 0 Å². The van der Waals surface area contributed by atoms with Crippen molar-refractivity contribution in [1.29, 1.82) is 0 Å². The molecule has 1 nitrogen and oxygen atoms in total. The van der Waals surface area contributed by atoms with Gasteiger partial charge in [-0.05, 0) is 17.7 Å². The van der Waals surface area contributed by atoms with Crippen LogP contribution in [-0.4, -0.2) is 23.1 Å². The van der Waals surface area contributed by atoms with E-state index in [1.165, 1.54) is 12.1 Å². The molecule has 5 heteroatoms. The summed E-state index contributed by atoms with van der Waals surface area (Å²) in [4.78, 5) is 0. The molecule has 0 aliphatic carbocycles. The van der Waals surface area contributed by atoms with Gasteiger partial charge in [0.15, 0.2) is 0 Å². The largest absolute Gasteiger partial charge is 2.00 e. The zero-order valence-corrected chi connectivity index (χ0v) is 13.3. The topological polar surface area (TPSA) is 9.23 Å². The molecular weight excluding hydrogens is 331 g/mol. The first-order chi connectivity index (χ1) is 7.75. The summed E-state index contributed by atoms with van der Waals surface area (Å²) in [6.07, 6.45) is 0. The molecular formula is C13H9BrClFMgO. The first-order valence-corrected chi connectivity index (χ1v) is 5.16. The standard InChI is InChI=1S/C13H9ClFO.BrH.Mg/c14-12-7-6-10(8-13(12)15)9-16-11-4-2-1-3-5-11;;/h2-8H,9H2;1H;/q-1;;+2/p-1. The quantitative estimate of drug-likeness (QED) is 0.584. The Morgan fingerprint density at radius 2 is 1.83 bits per heavy atom. The maximum absolute atomic E-state index is 13.1. The molecule has 90 valence electrons. The summed E-state index contributed by atoms with van der Waals surface area (Å²) in [6.45, 7) is 0.318. The van der Waals surface area contributed by atoms with Crippen molar-refractivity contribution in [1.82, 2.24) is 0 Å². The van der Waals surface area contributed by atoms with Crippen molar-refractivity contribution in [3.8, 4) is 5.75 Å². The average molecular weight is 340 g/mol. The van der Waals surface area contributed by atoms with Crippen molar-refractivity contribution in [3.05, 3.63) is 64.9 Å². The van der Waals surface area contributed by atoms with Gasteiger partial charge in [0.05, 0.1) is 5.02 Å². The molecule has 0 amide bonds. The van der Waals surface area contributed by atoms with Crippen LogP contribution in [0.5, 0.6) is 5.75 Å². The molecule has 0 heterocycles. The van der Waals surface area contributed by atoms with Gasteiger partial charge < -0.3 is 21.7 Å². The molecule has 0 atom stereocenters. The zero-order chi connectivity index (χ0) is 11.4. The molecule has 2 rings (SSSR count). The molecule has 0 aliphatic rings. The molecule has 2 aromatic carbocycles. The third-order valence-electron chi connectivity index (χ3n) is 2.08. The molecule has 18 heavy (non-hydrogen) atoms. The Hall–Kier alpha value is -0.294. The molecule has 0 saturated carbocycles. The Bertz CT molecular complexity index is 482. The van der Waals surface area contributed by atoms with Gasteiger partial charge in [0, 0.05) is 5.75 Å². The Balaban J connectivity index is 0.00000144. The molecule has 0 bridgehead atoms. The van der Waals surface area contributed by atoms with Gasteiger partial charge in [-0.25, -0.2) is 4.39 Å². The van der Waals surface area contributed by atoms with E-state index >= 15 is 0 Å². The van der Waals surface area contributed by atoms with Crippen LogP contribution < -0.4 is 21.7 Å². The van der Waals surface area contributed by atoms with Gasteiger partial charge in [0.2, 0.25) is 0 Å². The number of hydrogen-bond donors (Lipinski definition) is 0. The van der Waals surface area contributed by atoms with Crippen LogP contribution >= 0.6 is 11.6 Å². The van der Waals surface area contributed by atoms with Gasteiger partial charge >= 0.3 is 23.1 Å². The Kier molecular flexibility index (Phi) is 8.60. The minimum Gasteiger partial charge on any atom is -1.00 e. The Morgan fingerprint density at radius 1 is 1.17 bits per heavy atom. The summed E-state index contributed by atoms with van der Waals surface area (Å²) in [5.41, 5.74) is 0.745. The summed E-state index contributed by atoms with van der Waals surface area (Å²) >= 11 is 5.58. The fourth-order valence-corrected chi connectivity index (χ4v) is 1.38. The van der Waals surface area contributed by atoms with Gasteiger partial charge in [-0.15, -0.1) is 12.1 Å². The summed E-state index contributed by atoms with van der Waals surface area (Å²) < 4.78 is 18.6. The van der Waals surface area contributed by atoms with Gasteiger partial charge in [0.1, 0.15) is 12.4 Å². The normalized spacial score (nSPS) is 9.00. The predicted octanol–water partition coefficient (Wildman–Crippen LogP) is 0.481. The van der Waals surface area contributed by atoms with Crippen LogP contribution in [0.25, 0.3) is 0 Å². The number of ether oxygens (including phenoxy) is 1. The van der Waals surface area contributed by atoms with Crippen molar-refractivity contribution < 1.29 is 26.1 Å². The van der Waals surface area contributed by atoms with Crippen molar-refractivity contribution in [3.63, 3.8) is 0 Å².